The molecule has 0 aliphatic rings. The highest BCUT2D eigenvalue weighted by Gasteiger charge is 2.28. The van der Waals surface area contributed by atoms with E-state index in [-0.39, 0.29) is 12.5 Å². The predicted octanol–water partition coefficient (Wildman–Crippen LogP) is 1.12. The zero-order chi connectivity index (χ0) is 9.78. The van der Waals surface area contributed by atoms with Crippen LogP contribution in [0, 0.1) is 5.92 Å². The fraction of sp³-hybridized carbons (Fsp3) is 0.667. The van der Waals surface area contributed by atoms with Gasteiger partial charge in [-0.2, -0.15) is 0 Å². The first-order valence-electron chi connectivity index (χ1n) is 3.90. The summed E-state index contributed by atoms with van der Waals surface area (Å²) < 4.78 is 5.02. The van der Waals surface area contributed by atoms with E-state index in [2.05, 4.69) is 6.58 Å². The number of carbonyl (C=O) groups excluding carboxylic acids is 1. The second-order valence-corrected chi connectivity index (χ2v) is 3.31. The molecule has 0 saturated carbocycles. The molecular formula is C9H16O3. The Morgan fingerprint density at radius 2 is 2.25 bits per heavy atom. The lowest BCUT2D eigenvalue weighted by atomic mass is 9.93. The zero-order valence-electron chi connectivity index (χ0n) is 7.83. The molecule has 0 aromatic rings. The van der Waals surface area contributed by atoms with Gasteiger partial charge in [0.05, 0.1) is 0 Å². The number of rotatable bonds is 4. The summed E-state index contributed by atoms with van der Waals surface area (Å²) in [4.78, 5) is 10.8. The molecule has 0 amide bonds. The first kappa shape index (κ1) is 11.2. The van der Waals surface area contributed by atoms with Crippen LogP contribution < -0.4 is 0 Å². The zero-order valence-corrected chi connectivity index (χ0v) is 7.83. The summed E-state index contributed by atoms with van der Waals surface area (Å²) in [5, 5.41) is 8.84. The number of esters is 1. The Bertz CT molecular complexity index is 173. The molecule has 0 rings (SSSR count). The highest BCUT2D eigenvalue weighted by molar-refractivity contribution is 5.81. The highest BCUT2D eigenvalue weighted by Crippen LogP contribution is 2.20. The van der Waals surface area contributed by atoms with Gasteiger partial charge in [0, 0.05) is 18.6 Å². The number of aliphatic hydroxyl groups excluding tert-OH is 1. The number of aliphatic hydroxyl groups is 1. The Morgan fingerprint density at radius 3 is 2.58 bits per heavy atom. The third-order valence-corrected chi connectivity index (χ3v) is 1.99. The molecule has 0 bridgehead atoms. The second kappa shape index (κ2) is 4.26. The third-order valence-electron chi connectivity index (χ3n) is 1.99. The van der Waals surface area contributed by atoms with Gasteiger partial charge >= 0.3 is 5.97 Å². The number of hydrogen-bond acceptors (Lipinski definition) is 3. The van der Waals surface area contributed by atoms with Crippen LogP contribution >= 0.6 is 0 Å². The topological polar surface area (TPSA) is 46.5 Å². The van der Waals surface area contributed by atoms with Crippen LogP contribution in [0.4, 0.5) is 0 Å². The van der Waals surface area contributed by atoms with Crippen LogP contribution in [0.25, 0.3) is 0 Å². The van der Waals surface area contributed by atoms with Crippen LogP contribution in [-0.4, -0.2) is 23.3 Å². The summed E-state index contributed by atoms with van der Waals surface area (Å²) in [6.45, 7) is 8.62. The molecule has 1 atom stereocenters. The van der Waals surface area contributed by atoms with Crippen molar-refractivity contribution >= 4 is 5.97 Å². The Hall–Kier alpha value is -0.830. The molecule has 0 saturated heterocycles. The van der Waals surface area contributed by atoms with Gasteiger partial charge in [0.25, 0.3) is 0 Å². The molecule has 0 aliphatic carbocycles. The molecule has 3 heteroatoms. The minimum Gasteiger partial charge on any atom is -0.456 e. The van der Waals surface area contributed by atoms with Gasteiger partial charge in [-0.15, -0.1) is 0 Å². The summed E-state index contributed by atoms with van der Waals surface area (Å²) in [5.41, 5.74) is -0.639. The Balaban J connectivity index is 4.20. The van der Waals surface area contributed by atoms with E-state index >= 15 is 0 Å². The highest BCUT2D eigenvalue weighted by atomic mass is 16.6. The molecule has 0 aromatic heterocycles. The van der Waals surface area contributed by atoms with Gasteiger partial charge in [0.1, 0.15) is 5.60 Å². The normalized spacial score (nSPS) is 13.7. The summed E-state index contributed by atoms with van der Waals surface area (Å²) in [5.74, 6) is -0.540. The lowest BCUT2D eigenvalue weighted by Crippen LogP contribution is -2.36. The molecular weight excluding hydrogens is 156 g/mol. The molecule has 0 spiro atoms. The van der Waals surface area contributed by atoms with E-state index in [1.807, 2.05) is 6.92 Å². The molecule has 0 heterocycles. The predicted molar refractivity (Wildman–Crippen MR) is 46.6 cm³/mol. The lowest BCUT2D eigenvalue weighted by molar-refractivity contribution is -0.156. The Kier molecular flexibility index (Phi) is 3.96. The average Bonchev–Trinajstić information content (AvgIpc) is 2.02. The van der Waals surface area contributed by atoms with Crippen molar-refractivity contribution in [1.29, 1.82) is 0 Å². The summed E-state index contributed by atoms with van der Waals surface area (Å²) in [7, 11) is 0. The number of hydrogen-bond donors (Lipinski definition) is 1. The number of carbonyl (C=O) groups is 1. The van der Waals surface area contributed by atoms with Crippen molar-refractivity contribution in [2.75, 3.05) is 6.61 Å². The van der Waals surface area contributed by atoms with E-state index in [0.717, 1.165) is 6.08 Å². The van der Waals surface area contributed by atoms with E-state index in [0.29, 0.717) is 0 Å². The van der Waals surface area contributed by atoms with Gasteiger partial charge in [-0.05, 0) is 13.8 Å². The van der Waals surface area contributed by atoms with Gasteiger partial charge in [-0.3, -0.25) is 0 Å². The van der Waals surface area contributed by atoms with Crippen molar-refractivity contribution in [3.8, 4) is 0 Å². The maximum atomic E-state index is 10.8. The van der Waals surface area contributed by atoms with Gasteiger partial charge in [0.2, 0.25) is 0 Å². The van der Waals surface area contributed by atoms with E-state index in [4.69, 9.17) is 9.84 Å². The minimum absolute atomic E-state index is 0.00256. The van der Waals surface area contributed by atoms with E-state index in [9.17, 15) is 4.79 Å². The molecule has 0 aliphatic heterocycles. The summed E-state index contributed by atoms with van der Waals surface area (Å²) >= 11 is 0. The van der Waals surface area contributed by atoms with E-state index < -0.39 is 11.6 Å². The third kappa shape index (κ3) is 3.05. The van der Waals surface area contributed by atoms with Crippen molar-refractivity contribution in [2.45, 2.75) is 26.4 Å². The molecule has 3 nitrogen and oxygen atoms in total. The van der Waals surface area contributed by atoms with Gasteiger partial charge in [0.15, 0.2) is 0 Å². The molecule has 70 valence electrons. The van der Waals surface area contributed by atoms with Crippen molar-refractivity contribution in [1.82, 2.24) is 0 Å². The van der Waals surface area contributed by atoms with Gasteiger partial charge in [-0.1, -0.05) is 13.5 Å². The molecule has 12 heavy (non-hydrogen) atoms. The van der Waals surface area contributed by atoms with Crippen molar-refractivity contribution in [2.24, 2.45) is 5.92 Å². The number of ether oxygens (including phenoxy) is 1. The van der Waals surface area contributed by atoms with Crippen LogP contribution in [0.3, 0.4) is 0 Å². The van der Waals surface area contributed by atoms with Crippen LogP contribution in [0.1, 0.15) is 20.8 Å². The van der Waals surface area contributed by atoms with E-state index in [1.165, 1.54) is 0 Å². The maximum Gasteiger partial charge on any atom is 0.330 e. The smallest absolute Gasteiger partial charge is 0.330 e. The van der Waals surface area contributed by atoms with Gasteiger partial charge in [-0.25, -0.2) is 4.79 Å². The van der Waals surface area contributed by atoms with Crippen LogP contribution in [0.2, 0.25) is 0 Å². The standard InChI is InChI=1S/C9H16O3/c1-5-8(11)12-9(3,4)7(2)6-10/h5,7,10H,1,6H2,2-4H3. The SMILES string of the molecule is C=CC(=O)OC(C)(C)C(C)CO. The molecule has 1 unspecified atom stereocenters. The summed E-state index contributed by atoms with van der Waals surface area (Å²) in [6.07, 6.45) is 1.12. The van der Waals surface area contributed by atoms with Crippen molar-refractivity contribution < 1.29 is 14.6 Å². The Morgan fingerprint density at radius 1 is 1.75 bits per heavy atom. The lowest BCUT2D eigenvalue weighted by Gasteiger charge is -2.29. The Labute approximate surface area is 73.0 Å². The van der Waals surface area contributed by atoms with Crippen LogP contribution in [-0.2, 0) is 9.53 Å². The van der Waals surface area contributed by atoms with E-state index in [1.54, 1.807) is 13.8 Å². The molecule has 0 radical (unpaired) electrons. The quantitative estimate of drug-likeness (QED) is 0.510. The first-order chi connectivity index (χ1) is 5.44. The minimum atomic E-state index is -0.639. The van der Waals surface area contributed by atoms with Gasteiger partial charge < -0.3 is 9.84 Å². The van der Waals surface area contributed by atoms with Crippen molar-refractivity contribution in [3.63, 3.8) is 0 Å². The second-order valence-electron chi connectivity index (χ2n) is 3.31. The van der Waals surface area contributed by atoms with Crippen molar-refractivity contribution in [3.05, 3.63) is 12.7 Å². The fourth-order valence-electron chi connectivity index (χ4n) is 0.621. The largest absolute Gasteiger partial charge is 0.456 e. The average molecular weight is 172 g/mol. The maximum absolute atomic E-state index is 10.8. The molecule has 1 N–H and O–H groups in total. The molecule has 0 aromatic carbocycles. The van der Waals surface area contributed by atoms with Crippen LogP contribution in [0.5, 0.6) is 0 Å². The molecule has 0 fully saturated rings. The monoisotopic (exact) mass is 172 g/mol. The van der Waals surface area contributed by atoms with Crippen LogP contribution in [0.15, 0.2) is 12.7 Å². The fourth-order valence-corrected chi connectivity index (χ4v) is 0.621. The summed E-state index contributed by atoms with van der Waals surface area (Å²) in [6, 6.07) is 0. The first-order valence-corrected chi connectivity index (χ1v) is 3.90.